The van der Waals surface area contributed by atoms with Gasteiger partial charge in [-0.1, -0.05) is 31.4 Å². The van der Waals surface area contributed by atoms with E-state index in [1.54, 1.807) is 12.3 Å². The first-order chi connectivity index (χ1) is 14.3. The smallest absolute Gasteiger partial charge is 0.270 e. The number of nitrogens with zero attached hydrogens (tertiary/aromatic N) is 3. The van der Waals surface area contributed by atoms with Crippen molar-refractivity contribution in [3.8, 4) is 0 Å². The highest BCUT2D eigenvalue weighted by Gasteiger charge is 2.31. The average molecular weight is 393 g/mol. The summed E-state index contributed by atoms with van der Waals surface area (Å²) in [7, 11) is 0. The molecule has 2 aromatic rings. The summed E-state index contributed by atoms with van der Waals surface area (Å²) >= 11 is 0. The Balaban J connectivity index is 1.40. The lowest BCUT2D eigenvalue weighted by Crippen LogP contribution is -2.42. The van der Waals surface area contributed by atoms with E-state index in [2.05, 4.69) is 20.2 Å². The van der Waals surface area contributed by atoms with Crippen LogP contribution >= 0.6 is 0 Å². The molecule has 5 nitrogen and oxygen atoms in total. The zero-order valence-corrected chi connectivity index (χ0v) is 17.2. The zero-order valence-electron chi connectivity index (χ0n) is 17.2. The van der Waals surface area contributed by atoms with Crippen LogP contribution < -0.4 is 5.32 Å². The molecular formula is C24H32N4O. The molecule has 1 aliphatic heterocycles. The molecular weight excluding hydrogens is 360 g/mol. The fourth-order valence-corrected chi connectivity index (χ4v) is 4.91. The minimum atomic E-state index is -0.120. The predicted octanol–water partition coefficient (Wildman–Crippen LogP) is 4.24. The van der Waals surface area contributed by atoms with Gasteiger partial charge in [0, 0.05) is 18.9 Å². The minimum absolute atomic E-state index is 0.0671. The van der Waals surface area contributed by atoms with Crippen molar-refractivity contribution in [3.05, 3.63) is 60.2 Å². The maximum atomic E-state index is 12.8. The van der Waals surface area contributed by atoms with Crippen LogP contribution in [0.2, 0.25) is 0 Å². The third kappa shape index (κ3) is 5.41. The molecule has 0 spiro atoms. The van der Waals surface area contributed by atoms with Crippen LogP contribution in [0, 0.1) is 11.8 Å². The van der Waals surface area contributed by atoms with Gasteiger partial charge in [0.1, 0.15) is 5.69 Å². The first-order valence-corrected chi connectivity index (χ1v) is 11.1. The van der Waals surface area contributed by atoms with Crippen molar-refractivity contribution in [2.24, 2.45) is 11.8 Å². The Hall–Kier alpha value is -2.27. The summed E-state index contributed by atoms with van der Waals surface area (Å²) in [4.78, 5) is 24.2. The van der Waals surface area contributed by atoms with Crippen molar-refractivity contribution in [3.63, 3.8) is 0 Å². The fourth-order valence-electron chi connectivity index (χ4n) is 4.91. The number of aromatic nitrogens is 2. The summed E-state index contributed by atoms with van der Waals surface area (Å²) in [5.74, 6) is 1.17. The standard InChI is InChI=1S/C24H32N4O/c29-24(22-11-5-7-15-26-22)27-23(21-10-4-6-14-25-21)20-12-16-28(17-13-20)18-19-8-2-1-3-9-19/h4-7,10-11,14-15,19-20,23H,1-3,8-9,12-13,16-18H2,(H,27,29)/t23-/m1/s1. The number of hydrogen-bond acceptors (Lipinski definition) is 4. The molecule has 2 fully saturated rings. The van der Waals surface area contributed by atoms with Gasteiger partial charge in [0.15, 0.2) is 0 Å². The normalized spacial score (nSPS) is 20.3. The number of likely N-dealkylation sites (tertiary alicyclic amines) is 1. The van der Waals surface area contributed by atoms with Crippen molar-refractivity contribution in [1.82, 2.24) is 20.2 Å². The molecule has 1 saturated carbocycles. The third-order valence-corrected chi connectivity index (χ3v) is 6.54. The molecule has 0 bridgehead atoms. The van der Waals surface area contributed by atoms with E-state index >= 15 is 0 Å². The zero-order chi connectivity index (χ0) is 19.9. The van der Waals surface area contributed by atoms with Crippen LogP contribution in [0.25, 0.3) is 0 Å². The number of amides is 1. The largest absolute Gasteiger partial charge is 0.342 e. The lowest BCUT2D eigenvalue weighted by atomic mass is 9.85. The van der Waals surface area contributed by atoms with Gasteiger partial charge in [0.2, 0.25) is 0 Å². The maximum absolute atomic E-state index is 12.8. The molecule has 154 valence electrons. The summed E-state index contributed by atoms with van der Waals surface area (Å²) in [5, 5.41) is 3.23. The Morgan fingerprint density at radius 2 is 1.69 bits per heavy atom. The molecule has 0 unspecified atom stereocenters. The molecule has 1 aliphatic carbocycles. The van der Waals surface area contributed by atoms with Crippen molar-refractivity contribution in [1.29, 1.82) is 0 Å². The van der Waals surface area contributed by atoms with Gasteiger partial charge in [-0.05, 0) is 74.9 Å². The highest BCUT2D eigenvalue weighted by atomic mass is 16.1. The highest BCUT2D eigenvalue weighted by molar-refractivity contribution is 5.92. The van der Waals surface area contributed by atoms with E-state index in [4.69, 9.17) is 0 Å². The summed E-state index contributed by atoms with van der Waals surface area (Å²) < 4.78 is 0. The van der Waals surface area contributed by atoms with Gasteiger partial charge in [-0.25, -0.2) is 0 Å². The Labute approximate surface area is 173 Å². The number of rotatable bonds is 6. The average Bonchev–Trinajstić information content (AvgIpc) is 2.80. The van der Waals surface area contributed by atoms with Crippen LogP contribution in [0.4, 0.5) is 0 Å². The van der Waals surface area contributed by atoms with Crippen molar-refractivity contribution >= 4 is 5.91 Å². The second kappa shape index (κ2) is 9.97. The van der Waals surface area contributed by atoms with Crippen molar-refractivity contribution in [2.75, 3.05) is 19.6 Å². The topological polar surface area (TPSA) is 58.1 Å². The highest BCUT2D eigenvalue weighted by Crippen LogP contribution is 2.32. The second-order valence-corrected chi connectivity index (χ2v) is 8.56. The number of hydrogen-bond donors (Lipinski definition) is 1. The summed E-state index contributed by atoms with van der Waals surface area (Å²) in [6.45, 7) is 3.48. The molecule has 5 heteroatoms. The Morgan fingerprint density at radius 1 is 0.966 bits per heavy atom. The summed E-state index contributed by atoms with van der Waals surface area (Å²) in [6, 6.07) is 11.3. The quantitative estimate of drug-likeness (QED) is 0.799. The van der Waals surface area contributed by atoms with Crippen LogP contribution in [0.1, 0.15) is 67.2 Å². The molecule has 1 N–H and O–H groups in total. The van der Waals surface area contributed by atoms with Crippen LogP contribution in [0.5, 0.6) is 0 Å². The monoisotopic (exact) mass is 392 g/mol. The molecule has 2 aromatic heterocycles. The molecule has 1 atom stereocenters. The van der Waals surface area contributed by atoms with E-state index in [9.17, 15) is 4.79 Å². The van der Waals surface area contributed by atoms with Crippen LogP contribution in [0.3, 0.4) is 0 Å². The summed E-state index contributed by atoms with van der Waals surface area (Å²) in [5.41, 5.74) is 1.41. The van der Waals surface area contributed by atoms with E-state index in [1.165, 1.54) is 38.6 Å². The number of carbonyl (C=O) groups is 1. The van der Waals surface area contributed by atoms with E-state index in [0.717, 1.165) is 37.5 Å². The predicted molar refractivity (Wildman–Crippen MR) is 114 cm³/mol. The Kier molecular flexibility index (Phi) is 6.88. The van der Waals surface area contributed by atoms with E-state index in [1.807, 2.05) is 36.5 Å². The van der Waals surface area contributed by atoms with Gasteiger partial charge in [-0.3, -0.25) is 14.8 Å². The molecule has 2 aliphatic rings. The number of nitrogens with one attached hydrogen (secondary N) is 1. The van der Waals surface area contributed by atoms with Crippen LogP contribution in [-0.2, 0) is 0 Å². The number of pyridine rings is 2. The molecule has 4 rings (SSSR count). The van der Waals surface area contributed by atoms with E-state index in [-0.39, 0.29) is 11.9 Å². The summed E-state index contributed by atoms with van der Waals surface area (Å²) in [6.07, 6.45) is 12.7. The molecule has 0 radical (unpaired) electrons. The molecule has 1 saturated heterocycles. The second-order valence-electron chi connectivity index (χ2n) is 8.56. The van der Waals surface area contributed by atoms with E-state index in [0.29, 0.717) is 11.6 Å². The van der Waals surface area contributed by atoms with Gasteiger partial charge < -0.3 is 10.2 Å². The molecule has 3 heterocycles. The Morgan fingerprint density at radius 3 is 2.34 bits per heavy atom. The van der Waals surface area contributed by atoms with Gasteiger partial charge in [0.25, 0.3) is 5.91 Å². The number of carbonyl (C=O) groups excluding carboxylic acids is 1. The first kappa shape index (κ1) is 20.0. The lowest BCUT2D eigenvalue weighted by Gasteiger charge is -2.38. The third-order valence-electron chi connectivity index (χ3n) is 6.54. The first-order valence-electron chi connectivity index (χ1n) is 11.1. The maximum Gasteiger partial charge on any atom is 0.270 e. The Bertz CT molecular complexity index is 753. The molecule has 0 aromatic carbocycles. The minimum Gasteiger partial charge on any atom is -0.342 e. The van der Waals surface area contributed by atoms with Crippen molar-refractivity contribution < 1.29 is 4.79 Å². The van der Waals surface area contributed by atoms with Gasteiger partial charge >= 0.3 is 0 Å². The lowest BCUT2D eigenvalue weighted by molar-refractivity contribution is 0.0873. The van der Waals surface area contributed by atoms with Crippen LogP contribution in [0.15, 0.2) is 48.8 Å². The number of piperidine rings is 1. The van der Waals surface area contributed by atoms with Crippen LogP contribution in [-0.4, -0.2) is 40.4 Å². The van der Waals surface area contributed by atoms with Crippen molar-refractivity contribution in [2.45, 2.75) is 51.0 Å². The molecule has 1 amide bonds. The van der Waals surface area contributed by atoms with E-state index < -0.39 is 0 Å². The molecule has 29 heavy (non-hydrogen) atoms. The van der Waals surface area contributed by atoms with Gasteiger partial charge in [-0.2, -0.15) is 0 Å². The fraction of sp³-hybridized carbons (Fsp3) is 0.542. The van der Waals surface area contributed by atoms with Gasteiger partial charge in [-0.15, -0.1) is 0 Å². The SMILES string of the molecule is O=C(N[C@@H](c1ccccn1)C1CCN(CC2CCCCC2)CC1)c1ccccn1. The van der Waals surface area contributed by atoms with Gasteiger partial charge in [0.05, 0.1) is 11.7 Å².